The van der Waals surface area contributed by atoms with Crippen LogP contribution in [0.1, 0.15) is 12.0 Å². The van der Waals surface area contributed by atoms with E-state index < -0.39 is 11.3 Å². The van der Waals surface area contributed by atoms with Gasteiger partial charge in [-0.05, 0) is 17.7 Å². The van der Waals surface area contributed by atoms with E-state index in [0.717, 1.165) is 18.0 Å². The van der Waals surface area contributed by atoms with Crippen molar-refractivity contribution in [3.63, 3.8) is 0 Å². The first-order chi connectivity index (χ1) is 8.50. The number of benzene rings is 1. The minimum atomic E-state index is -2.68. The molecule has 1 heterocycles. The maximum atomic E-state index is 13.5. The van der Waals surface area contributed by atoms with E-state index in [1.54, 1.807) is 18.2 Å². The second kappa shape index (κ2) is 3.57. The highest BCUT2D eigenvalue weighted by atomic mass is 19.3. The first-order valence-electron chi connectivity index (χ1n) is 6.06. The zero-order valence-corrected chi connectivity index (χ0v) is 10.2. The number of nitrogens with two attached hydrogens (primary N) is 1. The molecule has 1 unspecified atom stereocenters. The van der Waals surface area contributed by atoms with E-state index in [4.69, 9.17) is 10.5 Å². The lowest BCUT2D eigenvalue weighted by Crippen LogP contribution is -2.30. The number of anilines is 1. The molecule has 2 aliphatic rings. The first-order valence-corrected chi connectivity index (χ1v) is 6.06. The summed E-state index contributed by atoms with van der Waals surface area (Å²) in [4.78, 5) is 2.02. The van der Waals surface area contributed by atoms with Gasteiger partial charge >= 0.3 is 0 Å². The van der Waals surface area contributed by atoms with Gasteiger partial charge in [0.2, 0.25) is 0 Å². The highest BCUT2D eigenvalue weighted by molar-refractivity contribution is 5.63. The normalized spacial score (nSPS) is 28.6. The summed E-state index contributed by atoms with van der Waals surface area (Å²) < 4.78 is 32.6. The molecule has 0 bridgehead atoms. The smallest absolute Gasteiger partial charge is 0.260 e. The van der Waals surface area contributed by atoms with Crippen LogP contribution in [-0.2, 0) is 5.41 Å². The average molecular weight is 254 g/mol. The maximum absolute atomic E-state index is 13.5. The number of nitrogens with zero attached hydrogens (tertiary/aromatic N) is 1. The van der Waals surface area contributed by atoms with Gasteiger partial charge in [-0.15, -0.1) is 0 Å². The number of fused-ring (bicyclic) bond motifs is 1. The number of ether oxygens (including phenoxy) is 1. The van der Waals surface area contributed by atoms with Gasteiger partial charge in [0.1, 0.15) is 12.4 Å². The molecule has 98 valence electrons. The van der Waals surface area contributed by atoms with Crippen LogP contribution in [0.4, 0.5) is 14.5 Å². The molecular formula is C13H16F2N2O. The summed E-state index contributed by atoms with van der Waals surface area (Å²) in [5.41, 5.74) is 5.88. The van der Waals surface area contributed by atoms with Gasteiger partial charge < -0.3 is 15.4 Å². The lowest BCUT2D eigenvalue weighted by atomic mass is 9.94. The van der Waals surface area contributed by atoms with Crippen LogP contribution in [0.15, 0.2) is 18.2 Å². The highest BCUT2D eigenvalue weighted by Crippen LogP contribution is 2.61. The van der Waals surface area contributed by atoms with Crippen LogP contribution >= 0.6 is 0 Å². The van der Waals surface area contributed by atoms with Crippen molar-refractivity contribution in [1.29, 1.82) is 0 Å². The molecule has 1 fully saturated rings. The summed E-state index contributed by atoms with van der Waals surface area (Å²) in [7, 11) is 1.94. The molecule has 0 radical (unpaired) electrons. The van der Waals surface area contributed by atoms with E-state index in [-0.39, 0.29) is 13.0 Å². The SMILES string of the molecule is CN1CCOc2ccc(C3(CN)CC3(F)F)cc21. The lowest BCUT2D eigenvalue weighted by Gasteiger charge is -2.29. The molecule has 1 aliphatic heterocycles. The van der Waals surface area contributed by atoms with Gasteiger partial charge in [-0.2, -0.15) is 0 Å². The summed E-state index contributed by atoms with van der Waals surface area (Å²) in [5, 5.41) is 0. The minimum absolute atomic E-state index is 0.0244. The molecular weight excluding hydrogens is 238 g/mol. The Kier molecular flexibility index (Phi) is 2.32. The molecule has 0 saturated heterocycles. The van der Waals surface area contributed by atoms with E-state index >= 15 is 0 Å². The Bertz CT molecular complexity index is 492. The van der Waals surface area contributed by atoms with Crippen molar-refractivity contribution >= 4 is 5.69 Å². The second-order valence-corrected chi connectivity index (χ2v) is 5.12. The van der Waals surface area contributed by atoms with Gasteiger partial charge in [-0.25, -0.2) is 8.78 Å². The fourth-order valence-corrected chi connectivity index (χ4v) is 2.64. The van der Waals surface area contributed by atoms with Crippen molar-refractivity contribution in [2.45, 2.75) is 17.8 Å². The lowest BCUT2D eigenvalue weighted by molar-refractivity contribution is 0.0896. The standard InChI is InChI=1S/C13H16F2N2O/c1-17-4-5-18-11-3-2-9(6-10(11)17)12(8-16)7-13(12,14)15/h2-3,6H,4-5,7-8,16H2,1H3. The van der Waals surface area contributed by atoms with E-state index in [1.807, 2.05) is 11.9 Å². The maximum Gasteiger partial charge on any atom is 0.260 e. The van der Waals surface area contributed by atoms with Crippen molar-refractivity contribution in [3.05, 3.63) is 23.8 Å². The molecule has 0 amide bonds. The van der Waals surface area contributed by atoms with Crippen LogP contribution in [0, 0.1) is 0 Å². The van der Waals surface area contributed by atoms with E-state index in [9.17, 15) is 8.78 Å². The Hall–Kier alpha value is -1.36. The fourth-order valence-electron chi connectivity index (χ4n) is 2.64. The second-order valence-electron chi connectivity index (χ2n) is 5.12. The predicted molar refractivity (Wildman–Crippen MR) is 65.5 cm³/mol. The van der Waals surface area contributed by atoms with Gasteiger partial charge in [0.25, 0.3) is 5.92 Å². The van der Waals surface area contributed by atoms with Crippen LogP contribution in [0.2, 0.25) is 0 Å². The molecule has 0 aromatic heterocycles. The van der Waals surface area contributed by atoms with Gasteiger partial charge in [0.15, 0.2) is 0 Å². The Balaban J connectivity index is 2.03. The summed E-state index contributed by atoms with van der Waals surface area (Å²) in [5.74, 6) is -1.92. The van der Waals surface area contributed by atoms with Crippen molar-refractivity contribution < 1.29 is 13.5 Å². The van der Waals surface area contributed by atoms with Crippen LogP contribution in [-0.4, -0.2) is 32.7 Å². The molecule has 1 atom stereocenters. The molecule has 1 aliphatic carbocycles. The number of halogens is 2. The van der Waals surface area contributed by atoms with Crippen LogP contribution in [0.25, 0.3) is 0 Å². The molecule has 0 spiro atoms. The van der Waals surface area contributed by atoms with Crippen LogP contribution in [0.5, 0.6) is 5.75 Å². The fraction of sp³-hybridized carbons (Fsp3) is 0.538. The molecule has 3 nitrogen and oxygen atoms in total. The zero-order chi connectivity index (χ0) is 13.0. The molecule has 1 aromatic rings. The Labute approximate surface area is 105 Å². The molecule has 3 rings (SSSR count). The first kappa shape index (κ1) is 11.7. The van der Waals surface area contributed by atoms with Crippen molar-refractivity contribution in [2.75, 3.05) is 31.6 Å². The highest BCUT2D eigenvalue weighted by Gasteiger charge is 2.71. The summed E-state index contributed by atoms with van der Waals surface area (Å²) >= 11 is 0. The topological polar surface area (TPSA) is 38.5 Å². The third-order valence-corrected chi connectivity index (χ3v) is 4.05. The minimum Gasteiger partial charge on any atom is -0.490 e. The van der Waals surface area contributed by atoms with Crippen molar-refractivity contribution in [2.24, 2.45) is 5.73 Å². The largest absolute Gasteiger partial charge is 0.490 e. The quantitative estimate of drug-likeness (QED) is 0.874. The Morgan fingerprint density at radius 2 is 2.17 bits per heavy atom. The van der Waals surface area contributed by atoms with E-state index in [1.165, 1.54) is 0 Å². The number of alkyl halides is 2. The van der Waals surface area contributed by atoms with Crippen LogP contribution in [0.3, 0.4) is 0 Å². The zero-order valence-electron chi connectivity index (χ0n) is 10.2. The Morgan fingerprint density at radius 3 is 2.78 bits per heavy atom. The van der Waals surface area contributed by atoms with Gasteiger partial charge in [0, 0.05) is 20.0 Å². The summed E-state index contributed by atoms with van der Waals surface area (Å²) in [6.45, 7) is 1.37. The van der Waals surface area contributed by atoms with Crippen molar-refractivity contribution in [1.82, 2.24) is 0 Å². The number of likely N-dealkylation sites (N-methyl/N-ethyl adjacent to an activating group) is 1. The molecule has 2 N–H and O–H groups in total. The van der Waals surface area contributed by atoms with E-state index in [0.29, 0.717) is 12.2 Å². The third kappa shape index (κ3) is 1.43. The predicted octanol–water partition coefficient (Wildman–Crippen LogP) is 1.75. The molecule has 1 aromatic carbocycles. The monoisotopic (exact) mass is 254 g/mol. The average Bonchev–Trinajstić information content (AvgIpc) is 2.93. The van der Waals surface area contributed by atoms with E-state index in [2.05, 4.69) is 0 Å². The number of hydrogen-bond acceptors (Lipinski definition) is 3. The van der Waals surface area contributed by atoms with Gasteiger partial charge in [-0.1, -0.05) is 6.07 Å². The molecule has 5 heteroatoms. The van der Waals surface area contributed by atoms with Crippen molar-refractivity contribution in [3.8, 4) is 5.75 Å². The molecule has 1 saturated carbocycles. The number of hydrogen-bond donors (Lipinski definition) is 1. The Morgan fingerprint density at radius 1 is 1.44 bits per heavy atom. The molecule has 18 heavy (non-hydrogen) atoms. The van der Waals surface area contributed by atoms with Gasteiger partial charge in [0.05, 0.1) is 17.6 Å². The van der Waals surface area contributed by atoms with Crippen LogP contribution < -0.4 is 15.4 Å². The summed E-state index contributed by atoms with van der Waals surface area (Å²) in [6, 6.07) is 5.28. The van der Waals surface area contributed by atoms with Gasteiger partial charge in [-0.3, -0.25) is 0 Å². The number of rotatable bonds is 2. The third-order valence-electron chi connectivity index (χ3n) is 4.05. The summed E-state index contributed by atoms with van der Waals surface area (Å²) in [6.07, 6.45) is -0.153.